The lowest BCUT2D eigenvalue weighted by atomic mass is 9.56. The molecule has 1 saturated carbocycles. The number of nitrogens with one attached hydrogen (secondary N) is 1. The summed E-state index contributed by atoms with van der Waals surface area (Å²) in [5.74, 6) is 2.94. The Morgan fingerprint density at radius 2 is 2.22 bits per heavy atom. The molecule has 4 nitrogen and oxygen atoms in total. The maximum atomic E-state index is 4.16. The highest BCUT2D eigenvalue weighted by Gasteiger charge is 2.44. The van der Waals surface area contributed by atoms with Gasteiger partial charge in [-0.3, -0.25) is 0 Å². The highest BCUT2D eigenvalue weighted by molar-refractivity contribution is 5.24. The molecule has 0 amide bonds. The van der Waals surface area contributed by atoms with Crippen LogP contribution < -0.4 is 0 Å². The zero-order valence-corrected chi connectivity index (χ0v) is 11.5. The van der Waals surface area contributed by atoms with E-state index in [4.69, 9.17) is 0 Å². The first-order valence-corrected chi connectivity index (χ1v) is 7.04. The zero-order valence-electron chi connectivity index (χ0n) is 11.5. The number of nitrogens with zero attached hydrogens (tertiary/aromatic N) is 3. The summed E-state index contributed by atoms with van der Waals surface area (Å²) in [5, 5.41) is 14.6. The zero-order chi connectivity index (χ0) is 12.8. The Bertz CT molecular complexity index is 450. The van der Waals surface area contributed by atoms with Crippen LogP contribution in [0.15, 0.2) is 11.6 Å². The van der Waals surface area contributed by atoms with Crippen LogP contribution in [0.3, 0.4) is 0 Å². The third-order valence-electron chi connectivity index (χ3n) is 5.53. The second-order valence-corrected chi connectivity index (χ2v) is 6.36. The predicted octanol–water partition coefficient (Wildman–Crippen LogP) is 3.08. The smallest absolute Gasteiger partial charge is 0.177 e. The molecule has 1 fully saturated rings. The van der Waals surface area contributed by atoms with Gasteiger partial charge >= 0.3 is 0 Å². The maximum Gasteiger partial charge on any atom is 0.177 e. The van der Waals surface area contributed by atoms with Gasteiger partial charge in [0.05, 0.1) is 0 Å². The van der Waals surface area contributed by atoms with Crippen LogP contribution >= 0.6 is 0 Å². The second-order valence-electron chi connectivity index (χ2n) is 6.36. The molecular formula is C14H22N4. The third kappa shape index (κ3) is 1.70. The number of rotatable bonds is 1. The summed E-state index contributed by atoms with van der Waals surface area (Å²) in [6, 6.07) is 0. The first-order chi connectivity index (χ1) is 8.61. The van der Waals surface area contributed by atoms with E-state index in [2.05, 4.69) is 47.5 Å². The van der Waals surface area contributed by atoms with Crippen LogP contribution in [0.1, 0.15) is 58.2 Å². The standard InChI is InChI=1S/C14H22N4/c1-9-4-5-12-8-11(13-15-17-18-16-13)6-7-14(12,3)10(9)2/h5,9-11H,4,6-8H2,1-3H3,(H,15,16,17,18)/t9?,10?,11-,14+/m0/s1. The SMILES string of the molecule is CC1CC=C2C[C@@H](c3nn[nH]n3)CC[C@]2(C)C1C. The Labute approximate surface area is 108 Å². The van der Waals surface area contributed by atoms with Crippen molar-refractivity contribution in [1.29, 1.82) is 0 Å². The summed E-state index contributed by atoms with van der Waals surface area (Å²) in [4.78, 5) is 0. The fourth-order valence-corrected chi connectivity index (χ4v) is 3.79. The lowest BCUT2D eigenvalue weighted by Gasteiger charge is -2.48. The molecule has 0 aromatic carbocycles. The van der Waals surface area contributed by atoms with E-state index in [0.717, 1.165) is 24.1 Å². The molecule has 0 aliphatic heterocycles. The third-order valence-corrected chi connectivity index (χ3v) is 5.53. The van der Waals surface area contributed by atoms with Crippen molar-refractivity contribution in [3.63, 3.8) is 0 Å². The summed E-state index contributed by atoms with van der Waals surface area (Å²) in [7, 11) is 0. The second kappa shape index (κ2) is 4.18. The number of fused-ring (bicyclic) bond motifs is 1. The van der Waals surface area contributed by atoms with Crippen molar-refractivity contribution in [2.24, 2.45) is 17.3 Å². The molecule has 4 heteroatoms. The van der Waals surface area contributed by atoms with Gasteiger partial charge in [-0.2, -0.15) is 5.21 Å². The minimum atomic E-state index is 0.401. The summed E-state index contributed by atoms with van der Waals surface area (Å²) < 4.78 is 0. The van der Waals surface area contributed by atoms with Crippen LogP contribution in [0, 0.1) is 17.3 Å². The quantitative estimate of drug-likeness (QED) is 0.775. The molecule has 0 radical (unpaired) electrons. The highest BCUT2D eigenvalue weighted by Crippen LogP contribution is 2.54. The molecule has 0 spiro atoms. The van der Waals surface area contributed by atoms with Gasteiger partial charge in [-0.05, 0) is 42.9 Å². The van der Waals surface area contributed by atoms with Gasteiger partial charge in [0.2, 0.25) is 0 Å². The van der Waals surface area contributed by atoms with Crippen molar-refractivity contribution in [3.8, 4) is 0 Å². The van der Waals surface area contributed by atoms with E-state index in [1.807, 2.05) is 0 Å². The van der Waals surface area contributed by atoms with Gasteiger partial charge in [0.1, 0.15) is 0 Å². The minimum Gasteiger partial charge on any atom is -0.177 e. The molecular weight excluding hydrogens is 224 g/mol. The number of H-pyrrole nitrogens is 1. The molecule has 2 unspecified atom stereocenters. The fraction of sp³-hybridized carbons (Fsp3) is 0.786. The Morgan fingerprint density at radius 1 is 1.39 bits per heavy atom. The van der Waals surface area contributed by atoms with E-state index in [9.17, 15) is 0 Å². The Morgan fingerprint density at radius 3 is 2.94 bits per heavy atom. The van der Waals surface area contributed by atoms with E-state index >= 15 is 0 Å². The average molecular weight is 246 g/mol. The minimum absolute atomic E-state index is 0.401. The molecule has 98 valence electrons. The van der Waals surface area contributed by atoms with Crippen molar-refractivity contribution >= 4 is 0 Å². The van der Waals surface area contributed by atoms with Crippen molar-refractivity contribution in [2.75, 3.05) is 0 Å². The van der Waals surface area contributed by atoms with Crippen LogP contribution in [0.25, 0.3) is 0 Å². The first kappa shape index (κ1) is 11.9. The van der Waals surface area contributed by atoms with Gasteiger partial charge in [0.25, 0.3) is 0 Å². The Hall–Kier alpha value is -1.19. The number of allylic oxidation sites excluding steroid dienone is 2. The number of aromatic nitrogens is 4. The van der Waals surface area contributed by atoms with Crippen LogP contribution in [-0.2, 0) is 0 Å². The number of aromatic amines is 1. The van der Waals surface area contributed by atoms with E-state index in [0.29, 0.717) is 11.3 Å². The van der Waals surface area contributed by atoms with Gasteiger partial charge in [-0.25, -0.2) is 0 Å². The van der Waals surface area contributed by atoms with Gasteiger partial charge < -0.3 is 0 Å². The number of hydrogen-bond acceptors (Lipinski definition) is 3. The van der Waals surface area contributed by atoms with Crippen LogP contribution in [-0.4, -0.2) is 20.6 Å². The summed E-state index contributed by atoms with van der Waals surface area (Å²) in [6.45, 7) is 7.26. The molecule has 3 rings (SSSR count). The highest BCUT2D eigenvalue weighted by atomic mass is 15.5. The van der Waals surface area contributed by atoms with Crippen molar-refractivity contribution in [1.82, 2.24) is 20.6 Å². The number of tetrazole rings is 1. The topological polar surface area (TPSA) is 54.5 Å². The summed E-state index contributed by atoms with van der Waals surface area (Å²) in [6.07, 6.45) is 7.27. The lowest BCUT2D eigenvalue weighted by Crippen LogP contribution is -2.38. The molecule has 0 saturated heterocycles. The fourth-order valence-electron chi connectivity index (χ4n) is 3.79. The molecule has 1 N–H and O–H groups in total. The van der Waals surface area contributed by atoms with Gasteiger partial charge in [0, 0.05) is 5.92 Å². The normalized spacial score (nSPS) is 40.2. The first-order valence-electron chi connectivity index (χ1n) is 7.04. The monoisotopic (exact) mass is 246 g/mol. The van der Waals surface area contributed by atoms with Crippen LogP contribution in [0.2, 0.25) is 0 Å². The van der Waals surface area contributed by atoms with Crippen molar-refractivity contribution in [3.05, 3.63) is 17.5 Å². The molecule has 1 aromatic rings. The summed E-state index contributed by atoms with van der Waals surface area (Å²) >= 11 is 0. The molecule has 18 heavy (non-hydrogen) atoms. The largest absolute Gasteiger partial charge is 0.177 e. The van der Waals surface area contributed by atoms with Crippen LogP contribution in [0.4, 0.5) is 0 Å². The van der Waals surface area contributed by atoms with E-state index in [1.54, 1.807) is 5.57 Å². The molecule has 2 aliphatic carbocycles. The molecule has 2 aliphatic rings. The number of hydrogen-bond donors (Lipinski definition) is 1. The molecule has 1 heterocycles. The molecule has 4 atom stereocenters. The predicted molar refractivity (Wildman–Crippen MR) is 69.9 cm³/mol. The van der Waals surface area contributed by atoms with E-state index in [1.165, 1.54) is 19.3 Å². The maximum absolute atomic E-state index is 4.16. The Kier molecular flexibility index (Phi) is 2.76. The van der Waals surface area contributed by atoms with E-state index < -0.39 is 0 Å². The lowest BCUT2D eigenvalue weighted by molar-refractivity contribution is 0.125. The van der Waals surface area contributed by atoms with Crippen molar-refractivity contribution in [2.45, 2.75) is 52.4 Å². The van der Waals surface area contributed by atoms with Gasteiger partial charge in [-0.15, -0.1) is 10.2 Å². The van der Waals surface area contributed by atoms with Crippen molar-refractivity contribution < 1.29 is 0 Å². The van der Waals surface area contributed by atoms with Crippen LogP contribution in [0.5, 0.6) is 0 Å². The average Bonchev–Trinajstić information content (AvgIpc) is 2.89. The molecule has 1 aromatic heterocycles. The Balaban J connectivity index is 1.85. The summed E-state index contributed by atoms with van der Waals surface area (Å²) in [5.41, 5.74) is 2.03. The van der Waals surface area contributed by atoms with E-state index in [-0.39, 0.29) is 0 Å². The van der Waals surface area contributed by atoms with Gasteiger partial charge in [-0.1, -0.05) is 37.6 Å². The molecule has 0 bridgehead atoms. The van der Waals surface area contributed by atoms with Gasteiger partial charge in [0.15, 0.2) is 5.82 Å².